The standard InChI is InChI=1S/C32H31N2O/c1-20-13-14-24-25-15-16-26(33-6)29(23-11-9-8-10-12-23)31(25)35-30(24)28(20)27-18-22(19-32(3,4)5)17-21(2)34(27)7/h8-18H,19H2,1-5,7H3/q+1/i19D2. The third-order valence-corrected chi connectivity index (χ3v) is 6.50. The summed E-state index contributed by atoms with van der Waals surface area (Å²) in [5, 5.41) is 1.94. The third kappa shape index (κ3) is 4.00. The molecule has 3 heteroatoms. The van der Waals surface area contributed by atoms with E-state index in [1.807, 2.05) is 89.3 Å². The summed E-state index contributed by atoms with van der Waals surface area (Å²) in [6.45, 7) is 17.6. The van der Waals surface area contributed by atoms with Crippen LogP contribution < -0.4 is 4.57 Å². The molecule has 0 aliphatic carbocycles. The Hall–Kier alpha value is -3.90. The van der Waals surface area contributed by atoms with Crippen LogP contribution >= 0.6 is 0 Å². The van der Waals surface area contributed by atoms with Gasteiger partial charge in [-0.25, -0.2) is 4.85 Å². The predicted molar refractivity (Wildman–Crippen MR) is 145 cm³/mol. The molecule has 0 saturated carbocycles. The van der Waals surface area contributed by atoms with Crippen molar-refractivity contribution >= 4 is 27.6 Å². The molecule has 0 amide bonds. The van der Waals surface area contributed by atoms with Crippen molar-refractivity contribution < 1.29 is 11.7 Å². The summed E-state index contributed by atoms with van der Waals surface area (Å²) in [5.41, 5.74) is 7.67. The first-order chi connectivity index (χ1) is 17.5. The smallest absolute Gasteiger partial charge is 0.216 e. The molecular weight excluding hydrogens is 428 g/mol. The van der Waals surface area contributed by atoms with Crippen molar-refractivity contribution in [3.63, 3.8) is 0 Å². The van der Waals surface area contributed by atoms with E-state index in [1.165, 1.54) is 0 Å². The van der Waals surface area contributed by atoms with Crippen molar-refractivity contribution in [3.05, 3.63) is 95.0 Å². The lowest BCUT2D eigenvalue weighted by Crippen LogP contribution is -2.35. The van der Waals surface area contributed by atoms with Crippen LogP contribution in [0.3, 0.4) is 0 Å². The fourth-order valence-electron chi connectivity index (χ4n) is 4.83. The van der Waals surface area contributed by atoms with Crippen LogP contribution in [0.5, 0.6) is 0 Å². The normalized spacial score (nSPS) is 13.1. The molecule has 3 aromatic carbocycles. The monoisotopic (exact) mass is 461 g/mol. The van der Waals surface area contributed by atoms with E-state index in [1.54, 1.807) is 0 Å². The van der Waals surface area contributed by atoms with Gasteiger partial charge in [0.1, 0.15) is 18.2 Å². The van der Waals surface area contributed by atoms with E-state index in [2.05, 4.69) is 28.5 Å². The summed E-state index contributed by atoms with van der Waals surface area (Å²) in [7, 11) is 2.01. The number of aryl methyl sites for hydroxylation is 2. The van der Waals surface area contributed by atoms with Gasteiger partial charge in [0.15, 0.2) is 11.4 Å². The van der Waals surface area contributed by atoms with E-state index < -0.39 is 11.8 Å². The van der Waals surface area contributed by atoms with Gasteiger partial charge >= 0.3 is 0 Å². The fourth-order valence-corrected chi connectivity index (χ4v) is 4.83. The number of benzene rings is 3. The molecule has 0 saturated heterocycles. The van der Waals surface area contributed by atoms with Gasteiger partial charge < -0.3 is 4.42 Å². The Bertz CT molecular complexity index is 1720. The van der Waals surface area contributed by atoms with Gasteiger partial charge in [0.05, 0.1) is 12.1 Å². The first kappa shape index (κ1) is 20.5. The number of fused-ring (bicyclic) bond motifs is 3. The number of rotatable bonds is 3. The Morgan fingerprint density at radius 1 is 0.914 bits per heavy atom. The second-order valence-corrected chi connectivity index (χ2v) is 10.3. The van der Waals surface area contributed by atoms with E-state index >= 15 is 0 Å². The van der Waals surface area contributed by atoms with E-state index in [9.17, 15) is 0 Å². The number of hydrogen-bond donors (Lipinski definition) is 0. The molecule has 5 rings (SSSR count). The van der Waals surface area contributed by atoms with Gasteiger partial charge in [-0.15, -0.1) is 0 Å². The molecule has 0 radical (unpaired) electrons. The largest absolute Gasteiger partial charge is 0.456 e. The molecule has 0 spiro atoms. The second kappa shape index (κ2) is 8.40. The first-order valence-corrected chi connectivity index (χ1v) is 11.9. The molecule has 3 nitrogen and oxygen atoms in total. The highest BCUT2D eigenvalue weighted by molar-refractivity contribution is 6.15. The summed E-state index contributed by atoms with van der Waals surface area (Å²) in [5.74, 6) is 0. The van der Waals surface area contributed by atoms with Gasteiger partial charge in [-0.2, -0.15) is 4.57 Å². The summed E-state index contributed by atoms with van der Waals surface area (Å²) in [6.07, 6.45) is -1.53. The molecule has 0 aliphatic rings. The Balaban J connectivity index is 1.88. The summed E-state index contributed by atoms with van der Waals surface area (Å²) < 4.78 is 26.6. The number of pyridine rings is 1. The average molecular weight is 462 g/mol. The van der Waals surface area contributed by atoms with Gasteiger partial charge in [-0.05, 0) is 35.4 Å². The molecule has 0 bridgehead atoms. The zero-order chi connectivity index (χ0) is 26.7. The van der Waals surface area contributed by atoms with Crippen molar-refractivity contribution in [1.82, 2.24) is 0 Å². The van der Waals surface area contributed by atoms with Gasteiger partial charge in [-0.3, -0.25) is 0 Å². The molecule has 5 aromatic rings. The maximum Gasteiger partial charge on any atom is 0.216 e. The minimum atomic E-state index is -1.53. The predicted octanol–water partition coefficient (Wildman–Crippen LogP) is 8.50. The maximum absolute atomic E-state index is 8.92. The van der Waals surface area contributed by atoms with Gasteiger partial charge in [-0.1, -0.05) is 75.4 Å². The van der Waals surface area contributed by atoms with E-state index in [0.717, 1.165) is 50.0 Å². The van der Waals surface area contributed by atoms with Crippen LogP contribution in [0.1, 0.15) is 40.3 Å². The summed E-state index contributed by atoms with van der Waals surface area (Å²) in [6, 6.07) is 21.8. The minimum absolute atomic E-state index is 0.554. The SMILES string of the molecule is [2H]C([2H])(c1cc(C)[n+](C)c(-c2c(C)ccc3c2oc2c(-c4ccccc4)c([N+]#[C-])ccc23)c1)C(C)(C)C. The molecule has 0 N–H and O–H groups in total. The molecule has 0 atom stereocenters. The van der Waals surface area contributed by atoms with E-state index in [0.29, 0.717) is 16.8 Å². The molecule has 2 aromatic heterocycles. The Morgan fingerprint density at radius 3 is 2.23 bits per heavy atom. The Kier molecular flexibility index (Phi) is 4.91. The first-order valence-electron chi connectivity index (χ1n) is 12.9. The average Bonchev–Trinajstić information content (AvgIpc) is 3.23. The zero-order valence-electron chi connectivity index (χ0n) is 23.2. The van der Waals surface area contributed by atoms with Crippen LogP contribution in [0.2, 0.25) is 0 Å². The number of hydrogen-bond acceptors (Lipinski definition) is 1. The Labute approximate surface area is 210 Å². The fraction of sp³-hybridized carbons (Fsp3) is 0.250. The van der Waals surface area contributed by atoms with Crippen LogP contribution in [0.4, 0.5) is 5.69 Å². The topological polar surface area (TPSA) is 21.4 Å². The molecule has 0 fully saturated rings. The maximum atomic E-state index is 8.92. The van der Waals surface area contributed by atoms with Crippen molar-refractivity contribution in [3.8, 4) is 22.4 Å². The molecular formula is C32H31N2O+. The highest BCUT2D eigenvalue weighted by Crippen LogP contribution is 2.44. The van der Waals surface area contributed by atoms with Crippen LogP contribution in [-0.2, 0) is 13.4 Å². The van der Waals surface area contributed by atoms with Crippen molar-refractivity contribution in [2.24, 2.45) is 12.5 Å². The van der Waals surface area contributed by atoms with Crippen LogP contribution in [0, 0.1) is 25.8 Å². The quantitative estimate of drug-likeness (QED) is 0.195. The minimum Gasteiger partial charge on any atom is -0.456 e. The van der Waals surface area contributed by atoms with Crippen molar-refractivity contribution in [1.29, 1.82) is 0 Å². The molecule has 2 heterocycles. The van der Waals surface area contributed by atoms with Crippen LogP contribution in [0.25, 0.3) is 49.2 Å². The van der Waals surface area contributed by atoms with Crippen molar-refractivity contribution in [2.75, 3.05) is 0 Å². The third-order valence-electron chi connectivity index (χ3n) is 6.50. The number of furan rings is 1. The van der Waals surface area contributed by atoms with Crippen LogP contribution in [0.15, 0.2) is 71.1 Å². The van der Waals surface area contributed by atoms with Crippen molar-refractivity contribution in [2.45, 2.75) is 41.0 Å². The van der Waals surface area contributed by atoms with Gasteiger partial charge in [0, 0.05) is 38.1 Å². The lowest BCUT2D eigenvalue weighted by molar-refractivity contribution is -0.666. The van der Waals surface area contributed by atoms with E-state index in [4.69, 9.17) is 13.7 Å². The number of aromatic nitrogens is 1. The van der Waals surface area contributed by atoms with E-state index in [-0.39, 0.29) is 0 Å². The second-order valence-electron chi connectivity index (χ2n) is 10.3. The van der Waals surface area contributed by atoms with Gasteiger partial charge in [0.25, 0.3) is 0 Å². The highest BCUT2D eigenvalue weighted by Gasteiger charge is 2.25. The molecule has 0 unspecified atom stereocenters. The lowest BCUT2D eigenvalue weighted by atomic mass is 9.87. The lowest BCUT2D eigenvalue weighted by Gasteiger charge is -2.18. The summed E-state index contributed by atoms with van der Waals surface area (Å²) >= 11 is 0. The molecule has 35 heavy (non-hydrogen) atoms. The Morgan fingerprint density at radius 2 is 1.57 bits per heavy atom. The number of nitrogens with zero attached hydrogens (tertiary/aromatic N) is 2. The molecule has 0 aliphatic heterocycles. The zero-order valence-corrected chi connectivity index (χ0v) is 21.2. The van der Waals surface area contributed by atoms with Crippen LogP contribution in [-0.4, -0.2) is 0 Å². The highest BCUT2D eigenvalue weighted by atomic mass is 16.3. The summed E-state index contributed by atoms with van der Waals surface area (Å²) in [4.78, 5) is 3.80. The van der Waals surface area contributed by atoms with Gasteiger partial charge in [0.2, 0.25) is 5.69 Å². The molecule has 174 valence electrons.